The molecule has 5 rings (SSSR count). The van der Waals surface area contributed by atoms with Crippen LogP contribution >= 0.6 is 0 Å². The molecular weight excluding hydrogens is 372 g/mol. The second-order valence-corrected chi connectivity index (χ2v) is 7.11. The molecule has 0 spiro atoms. The summed E-state index contributed by atoms with van der Waals surface area (Å²) in [4.78, 5) is 0. The third-order valence-electron chi connectivity index (χ3n) is 5.28. The molecule has 4 aromatic rings. The number of nitrogens with zero attached hydrogens (tertiary/aromatic N) is 1. The van der Waals surface area contributed by atoms with E-state index in [0.29, 0.717) is 17.1 Å². The quantitative estimate of drug-likeness (QED) is 0.476. The van der Waals surface area contributed by atoms with E-state index in [1.54, 1.807) is 0 Å². The van der Waals surface area contributed by atoms with Crippen molar-refractivity contribution >= 4 is 10.8 Å². The number of benzene rings is 4. The zero-order valence-electron chi connectivity index (χ0n) is 16.1. The molecular formula is C26H18N2O2. The number of hydrogen-bond acceptors (Lipinski definition) is 4. The minimum Gasteiger partial charge on any atom is -0.457 e. The molecule has 144 valence electrons. The van der Waals surface area contributed by atoms with Gasteiger partial charge in [0.25, 0.3) is 0 Å². The highest BCUT2D eigenvalue weighted by Gasteiger charge is 2.32. The van der Waals surface area contributed by atoms with Crippen LogP contribution in [0.4, 0.5) is 0 Å². The van der Waals surface area contributed by atoms with Gasteiger partial charge in [-0.1, -0.05) is 60.7 Å². The van der Waals surface area contributed by atoms with Crippen LogP contribution in [0.15, 0.2) is 102 Å². The van der Waals surface area contributed by atoms with E-state index in [1.165, 1.54) is 0 Å². The normalized spacial score (nSPS) is 15.2. The number of fused-ring (bicyclic) bond motifs is 3. The van der Waals surface area contributed by atoms with E-state index in [4.69, 9.17) is 15.2 Å². The van der Waals surface area contributed by atoms with Gasteiger partial charge in [0.05, 0.1) is 5.92 Å². The first-order valence-electron chi connectivity index (χ1n) is 9.66. The fourth-order valence-electron chi connectivity index (χ4n) is 3.96. The van der Waals surface area contributed by atoms with Crippen molar-refractivity contribution in [3.05, 3.63) is 114 Å². The van der Waals surface area contributed by atoms with Gasteiger partial charge in [0, 0.05) is 5.56 Å². The van der Waals surface area contributed by atoms with Gasteiger partial charge in [0.15, 0.2) is 0 Å². The van der Waals surface area contributed by atoms with E-state index >= 15 is 0 Å². The summed E-state index contributed by atoms with van der Waals surface area (Å²) in [6.45, 7) is 0. The van der Waals surface area contributed by atoms with Crippen molar-refractivity contribution < 1.29 is 9.47 Å². The number of rotatable bonds is 3. The SMILES string of the molecule is N#CC1=C(N)Oc2ccc3ccccc3c2[C@@H]1c1cccc(Oc2ccccc2)c1. The maximum absolute atomic E-state index is 9.90. The Morgan fingerprint density at radius 2 is 1.60 bits per heavy atom. The molecule has 0 amide bonds. The van der Waals surface area contributed by atoms with E-state index in [9.17, 15) is 5.26 Å². The van der Waals surface area contributed by atoms with E-state index in [1.807, 2.05) is 84.9 Å². The number of nitrogens with two attached hydrogens (primary N) is 1. The summed E-state index contributed by atoms with van der Waals surface area (Å²) < 4.78 is 11.8. The zero-order valence-corrected chi connectivity index (χ0v) is 16.1. The van der Waals surface area contributed by atoms with Crippen LogP contribution in [0.1, 0.15) is 17.0 Å². The largest absolute Gasteiger partial charge is 0.457 e. The lowest BCUT2D eigenvalue weighted by Gasteiger charge is -2.28. The molecule has 0 saturated carbocycles. The Balaban J connectivity index is 1.68. The van der Waals surface area contributed by atoms with Gasteiger partial charge >= 0.3 is 0 Å². The van der Waals surface area contributed by atoms with Gasteiger partial charge in [-0.3, -0.25) is 0 Å². The average molecular weight is 390 g/mol. The number of ether oxygens (including phenoxy) is 2. The predicted molar refractivity (Wildman–Crippen MR) is 116 cm³/mol. The smallest absolute Gasteiger partial charge is 0.205 e. The van der Waals surface area contributed by atoms with Crippen molar-refractivity contribution in [3.63, 3.8) is 0 Å². The van der Waals surface area contributed by atoms with Crippen LogP contribution in [0.5, 0.6) is 17.2 Å². The lowest BCUT2D eigenvalue weighted by Crippen LogP contribution is -2.21. The molecule has 1 atom stereocenters. The molecule has 0 unspecified atom stereocenters. The second-order valence-electron chi connectivity index (χ2n) is 7.11. The van der Waals surface area contributed by atoms with E-state index in [2.05, 4.69) is 12.1 Å². The molecule has 30 heavy (non-hydrogen) atoms. The van der Waals surface area contributed by atoms with Gasteiger partial charge in [-0.05, 0) is 46.7 Å². The first kappa shape index (κ1) is 17.8. The van der Waals surface area contributed by atoms with Crippen molar-refractivity contribution in [1.29, 1.82) is 5.26 Å². The molecule has 0 bridgehead atoms. The van der Waals surface area contributed by atoms with Gasteiger partial charge in [-0.2, -0.15) is 5.26 Å². The Morgan fingerprint density at radius 3 is 2.43 bits per heavy atom. The highest BCUT2D eigenvalue weighted by molar-refractivity contribution is 5.90. The first-order chi connectivity index (χ1) is 14.7. The van der Waals surface area contributed by atoms with Gasteiger partial charge in [0.1, 0.15) is 28.9 Å². The molecule has 1 heterocycles. The van der Waals surface area contributed by atoms with Crippen molar-refractivity contribution in [2.45, 2.75) is 5.92 Å². The number of nitriles is 1. The second kappa shape index (κ2) is 7.31. The van der Waals surface area contributed by atoms with E-state index < -0.39 is 0 Å². The summed E-state index contributed by atoms with van der Waals surface area (Å²) in [6.07, 6.45) is 0. The maximum atomic E-state index is 9.90. The van der Waals surface area contributed by atoms with Crippen LogP contribution in [-0.4, -0.2) is 0 Å². The van der Waals surface area contributed by atoms with Crippen LogP contribution in [0.3, 0.4) is 0 Å². The highest BCUT2D eigenvalue weighted by Crippen LogP contribution is 2.46. The van der Waals surface area contributed by atoms with Crippen molar-refractivity contribution in [2.24, 2.45) is 5.73 Å². The summed E-state index contributed by atoms with van der Waals surface area (Å²) in [5.41, 5.74) is 8.40. The lowest BCUT2D eigenvalue weighted by atomic mass is 9.81. The van der Waals surface area contributed by atoms with Crippen molar-refractivity contribution in [1.82, 2.24) is 0 Å². The standard InChI is InChI=1S/C26H18N2O2/c27-16-22-24(18-8-6-11-20(15-18)29-19-9-2-1-3-10-19)25-21-12-5-4-7-17(21)13-14-23(25)30-26(22)28/h1-15,24H,28H2/t24-/m1/s1. The molecule has 0 saturated heterocycles. The number of para-hydroxylation sites is 1. The first-order valence-corrected chi connectivity index (χ1v) is 9.66. The summed E-state index contributed by atoms with van der Waals surface area (Å²) in [7, 11) is 0. The van der Waals surface area contributed by atoms with Crippen LogP contribution in [-0.2, 0) is 0 Å². The van der Waals surface area contributed by atoms with Gasteiger partial charge in [0.2, 0.25) is 5.88 Å². The number of allylic oxidation sites excluding steroid dienone is 1. The van der Waals surface area contributed by atoms with E-state index in [0.717, 1.165) is 27.6 Å². The van der Waals surface area contributed by atoms with Crippen LogP contribution in [0, 0.1) is 11.3 Å². The molecule has 1 aliphatic heterocycles. The number of hydrogen-bond donors (Lipinski definition) is 1. The molecule has 4 aromatic carbocycles. The summed E-state index contributed by atoms with van der Waals surface area (Å²) in [5.74, 6) is 1.92. The van der Waals surface area contributed by atoms with Crippen molar-refractivity contribution in [2.75, 3.05) is 0 Å². The Morgan fingerprint density at radius 1 is 0.833 bits per heavy atom. The van der Waals surface area contributed by atoms with Gasteiger partial charge in [-0.15, -0.1) is 0 Å². The molecule has 4 heteroatoms. The van der Waals surface area contributed by atoms with Gasteiger partial charge < -0.3 is 15.2 Å². The third-order valence-corrected chi connectivity index (χ3v) is 5.28. The predicted octanol–water partition coefficient (Wildman–Crippen LogP) is 5.85. The minimum absolute atomic E-state index is 0.139. The molecule has 0 fully saturated rings. The monoisotopic (exact) mass is 390 g/mol. The zero-order chi connectivity index (χ0) is 20.5. The van der Waals surface area contributed by atoms with Crippen LogP contribution < -0.4 is 15.2 Å². The Hall–Kier alpha value is -4.23. The summed E-state index contributed by atoms with van der Waals surface area (Å²) in [5, 5.41) is 12.0. The highest BCUT2D eigenvalue weighted by atomic mass is 16.5. The molecule has 0 radical (unpaired) electrons. The molecule has 1 aliphatic rings. The molecule has 4 nitrogen and oxygen atoms in total. The Bertz CT molecular complexity index is 1320. The average Bonchev–Trinajstić information content (AvgIpc) is 2.79. The van der Waals surface area contributed by atoms with Crippen LogP contribution in [0.25, 0.3) is 10.8 Å². The van der Waals surface area contributed by atoms with Crippen LogP contribution in [0.2, 0.25) is 0 Å². The molecule has 2 N–H and O–H groups in total. The molecule has 0 aromatic heterocycles. The summed E-state index contributed by atoms with van der Waals surface area (Å²) in [6, 6.07) is 31.7. The van der Waals surface area contributed by atoms with Gasteiger partial charge in [-0.25, -0.2) is 0 Å². The topological polar surface area (TPSA) is 68.3 Å². The third kappa shape index (κ3) is 3.03. The fourth-order valence-corrected chi connectivity index (χ4v) is 3.96. The maximum Gasteiger partial charge on any atom is 0.205 e. The summed E-state index contributed by atoms with van der Waals surface area (Å²) >= 11 is 0. The van der Waals surface area contributed by atoms with Crippen molar-refractivity contribution in [3.8, 4) is 23.3 Å². The van der Waals surface area contributed by atoms with E-state index in [-0.39, 0.29) is 11.8 Å². The Labute approximate surface area is 174 Å². The fraction of sp³-hybridized carbons (Fsp3) is 0.0385. The lowest BCUT2D eigenvalue weighted by molar-refractivity contribution is 0.395. The Kier molecular flexibility index (Phi) is 4.34. The molecule has 0 aliphatic carbocycles. The minimum atomic E-state index is -0.343.